The molecular weight excluding hydrogens is 328 g/mol. The highest BCUT2D eigenvalue weighted by molar-refractivity contribution is 5.88. The van der Waals surface area contributed by atoms with E-state index in [4.69, 9.17) is 9.47 Å². The van der Waals surface area contributed by atoms with Crippen molar-refractivity contribution >= 4 is 5.91 Å². The van der Waals surface area contributed by atoms with Crippen molar-refractivity contribution < 1.29 is 14.3 Å². The van der Waals surface area contributed by atoms with E-state index in [9.17, 15) is 4.79 Å². The fourth-order valence-electron chi connectivity index (χ4n) is 3.63. The Morgan fingerprint density at radius 2 is 1.92 bits per heavy atom. The van der Waals surface area contributed by atoms with Crippen LogP contribution in [0.4, 0.5) is 0 Å². The first-order chi connectivity index (χ1) is 12.6. The van der Waals surface area contributed by atoms with Gasteiger partial charge in [-0.25, -0.2) is 0 Å². The Hall–Kier alpha value is -2.56. The summed E-state index contributed by atoms with van der Waals surface area (Å²) in [6, 6.07) is 11.6. The van der Waals surface area contributed by atoms with E-state index in [1.54, 1.807) is 19.5 Å². The minimum Gasteiger partial charge on any atom is -0.497 e. The van der Waals surface area contributed by atoms with Gasteiger partial charge < -0.3 is 14.8 Å². The fourth-order valence-corrected chi connectivity index (χ4v) is 3.63. The molecule has 1 unspecified atom stereocenters. The van der Waals surface area contributed by atoms with Crippen LogP contribution in [-0.2, 0) is 10.2 Å². The molecule has 1 aliphatic rings. The SMILES string of the molecule is COc1ccc(C2(C(=O)NCC(C)Oc3cccnc3)CCCC2)cc1. The van der Waals surface area contributed by atoms with E-state index in [1.807, 2.05) is 43.3 Å². The molecule has 1 atom stereocenters. The second-order valence-electron chi connectivity index (χ2n) is 6.84. The normalized spacial score (nSPS) is 16.7. The molecular formula is C21H26N2O3. The predicted molar refractivity (Wildman–Crippen MR) is 100 cm³/mol. The van der Waals surface area contributed by atoms with Crippen molar-refractivity contribution in [2.24, 2.45) is 0 Å². The molecule has 0 spiro atoms. The molecule has 1 saturated carbocycles. The van der Waals surface area contributed by atoms with Crippen LogP contribution >= 0.6 is 0 Å². The van der Waals surface area contributed by atoms with Crippen molar-refractivity contribution in [3.05, 3.63) is 54.4 Å². The van der Waals surface area contributed by atoms with Crippen molar-refractivity contribution in [1.29, 1.82) is 0 Å². The van der Waals surface area contributed by atoms with E-state index in [0.29, 0.717) is 12.3 Å². The summed E-state index contributed by atoms with van der Waals surface area (Å²) in [6.07, 6.45) is 7.15. The smallest absolute Gasteiger partial charge is 0.230 e. The molecule has 0 aliphatic heterocycles. The number of nitrogens with zero attached hydrogens (tertiary/aromatic N) is 1. The Bertz CT molecular complexity index is 710. The summed E-state index contributed by atoms with van der Waals surface area (Å²) in [7, 11) is 1.65. The standard InChI is InChI=1S/C21H26N2O3/c1-16(26-19-6-5-13-22-15-19)14-23-20(24)21(11-3-4-12-21)17-7-9-18(25-2)10-8-17/h5-10,13,15-16H,3-4,11-12,14H2,1-2H3,(H,23,24). The molecule has 1 aliphatic carbocycles. The zero-order valence-electron chi connectivity index (χ0n) is 15.4. The molecule has 2 aromatic rings. The van der Waals surface area contributed by atoms with Gasteiger partial charge in [-0.15, -0.1) is 0 Å². The maximum atomic E-state index is 13.1. The van der Waals surface area contributed by atoms with Crippen LogP contribution in [0.1, 0.15) is 38.2 Å². The van der Waals surface area contributed by atoms with E-state index in [1.165, 1.54) is 0 Å². The molecule has 3 rings (SSSR count). The number of nitrogens with one attached hydrogen (secondary N) is 1. The van der Waals surface area contributed by atoms with E-state index in [2.05, 4.69) is 10.3 Å². The lowest BCUT2D eigenvalue weighted by Crippen LogP contribution is -2.45. The molecule has 0 saturated heterocycles. The van der Waals surface area contributed by atoms with Gasteiger partial charge in [-0.2, -0.15) is 0 Å². The number of carbonyl (C=O) groups excluding carboxylic acids is 1. The van der Waals surface area contributed by atoms with E-state index < -0.39 is 5.41 Å². The number of methoxy groups -OCH3 is 1. The van der Waals surface area contributed by atoms with Crippen LogP contribution in [0.2, 0.25) is 0 Å². The summed E-state index contributed by atoms with van der Waals surface area (Å²) in [6.45, 7) is 2.41. The molecule has 0 radical (unpaired) electrons. The number of carbonyl (C=O) groups is 1. The van der Waals surface area contributed by atoms with Gasteiger partial charge in [0.1, 0.15) is 17.6 Å². The van der Waals surface area contributed by atoms with Gasteiger partial charge in [0.25, 0.3) is 0 Å². The van der Waals surface area contributed by atoms with Gasteiger partial charge in [-0.3, -0.25) is 9.78 Å². The van der Waals surface area contributed by atoms with Crippen LogP contribution in [0, 0.1) is 0 Å². The molecule has 1 aromatic heterocycles. The van der Waals surface area contributed by atoms with Crippen molar-refractivity contribution in [2.45, 2.75) is 44.1 Å². The first-order valence-corrected chi connectivity index (χ1v) is 9.13. The van der Waals surface area contributed by atoms with Crippen molar-refractivity contribution in [3.8, 4) is 11.5 Å². The Morgan fingerprint density at radius 3 is 2.54 bits per heavy atom. The summed E-state index contributed by atoms with van der Waals surface area (Å²) >= 11 is 0. The summed E-state index contributed by atoms with van der Waals surface area (Å²) in [4.78, 5) is 17.1. The zero-order chi connectivity index (χ0) is 18.4. The third kappa shape index (κ3) is 3.98. The monoisotopic (exact) mass is 354 g/mol. The largest absolute Gasteiger partial charge is 0.497 e. The van der Waals surface area contributed by atoms with E-state index in [-0.39, 0.29) is 12.0 Å². The number of aromatic nitrogens is 1. The van der Waals surface area contributed by atoms with Gasteiger partial charge in [-0.05, 0) is 49.6 Å². The molecule has 1 N–H and O–H groups in total. The molecule has 5 nitrogen and oxygen atoms in total. The topological polar surface area (TPSA) is 60.5 Å². The molecule has 0 bridgehead atoms. The molecule has 1 fully saturated rings. The van der Waals surface area contributed by atoms with Crippen molar-refractivity contribution in [1.82, 2.24) is 10.3 Å². The van der Waals surface area contributed by atoms with Crippen molar-refractivity contribution in [3.63, 3.8) is 0 Å². The summed E-state index contributed by atoms with van der Waals surface area (Å²) in [5.41, 5.74) is 0.620. The highest BCUT2D eigenvalue weighted by Crippen LogP contribution is 2.41. The Labute approximate surface area is 154 Å². The Morgan fingerprint density at radius 1 is 1.19 bits per heavy atom. The third-order valence-corrected chi connectivity index (χ3v) is 5.06. The van der Waals surface area contributed by atoms with Crippen molar-refractivity contribution in [2.75, 3.05) is 13.7 Å². The molecule has 5 heteroatoms. The number of amides is 1. The number of pyridine rings is 1. The fraction of sp³-hybridized carbons (Fsp3) is 0.429. The number of hydrogen-bond donors (Lipinski definition) is 1. The minimum absolute atomic E-state index is 0.0850. The molecule has 1 heterocycles. The molecule has 26 heavy (non-hydrogen) atoms. The number of benzene rings is 1. The maximum absolute atomic E-state index is 13.1. The Kier molecular flexibility index (Phi) is 5.76. The van der Waals surface area contributed by atoms with Gasteiger partial charge in [0, 0.05) is 6.20 Å². The maximum Gasteiger partial charge on any atom is 0.230 e. The second kappa shape index (κ2) is 8.21. The average molecular weight is 354 g/mol. The van der Waals surface area contributed by atoms with Gasteiger partial charge >= 0.3 is 0 Å². The first kappa shape index (κ1) is 18.2. The summed E-state index contributed by atoms with van der Waals surface area (Å²) in [5.74, 6) is 1.60. The van der Waals surface area contributed by atoms with E-state index in [0.717, 1.165) is 37.0 Å². The molecule has 1 amide bonds. The lowest BCUT2D eigenvalue weighted by molar-refractivity contribution is -0.127. The van der Waals surface area contributed by atoms with E-state index >= 15 is 0 Å². The van der Waals surface area contributed by atoms with Crippen LogP contribution in [0.15, 0.2) is 48.8 Å². The quantitative estimate of drug-likeness (QED) is 0.827. The van der Waals surface area contributed by atoms with Gasteiger partial charge in [-0.1, -0.05) is 25.0 Å². The molecule has 1 aromatic carbocycles. The number of rotatable bonds is 7. The van der Waals surface area contributed by atoms with Crippen LogP contribution in [0.25, 0.3) is 0 Å². The van der Waals surface area contributed by atoms with Gasteiger partial charge in [0.2, 0.25) is 5.91 Å². The van der Waals surface area contributed by atoms with Gasteiger partial charge in [0.15, 0.2) is 0 Å². The van der Waals surface area contributed by atoms with Crippen LogP contribution in [0.3, 0.4) is 0 Å². The zero-order valence-corrected chi connectivity index (χ0v) is 15.4. The first-order valence-electron chi connectivity index (χ1n) is 9.13. The summed E-state index contributed by atoms with van der Waals surface area (Å²) < 4.78 is 11.0. The lowest BCUT2D eigenvalue weighted by atomic mass is 9.78. The number of ether oxygens (including phenoxy) is 2. The Balaban J connectivity index is 1.65. The van der Waals surface area contributed by atoms with Gasteiger partial charge in [0.05, 0.1) is 25.3 Å². The second-order valence-corrected chi connectivity index (χ2v) is 6.84. The summed E-state index contributed by atoms with van der Waals surface area (Å²) in [5, 5.41) is 3.10. The van der Waals surface area contributed by atoms with Crippen LogP contribution < -0.4 is 14.8 Å². The predicted octanol–water partition coefficient (Wildman–Crippen LogP) is 3.49. The minimum atomic E-state index is -0.444. The highest BCUT2D eigenvalue weighted by Gasteiger charge is 2.42. The number of hydrogen-bond acceptors (Lipinski definition) is 4. The average Bonchev–Trinajstić information content (AvgIpc) is 3.18. The third-order valence-electron chi connectivity index (χ3n) is 5.06. The lowest BCUT2D eigenvalue weighted by Gasteiger charge is -2.29. The molecule has 138 valence electrons. The van der Waals surface area contributed by atoms with Crippen LogP contribution in [-0.4, -0.2) is 30.6 Å². The highest BCUT2D eigenvalue weighted by atomic mass is 16.5. The van der Waals surface area contributed by atoms with Crippen LogP contribution in [0.5, 0.6) is 11.5 Å².